The smallest absolute Gasteiger partial charge is 0.166 e. The number of ether oxygens (including phenoxy) is 1. The van der Waals surface area contributed by atoms with Gasteiger partial charge in [0, 0.05) is 23.3 Å². The Labute approximate surface area is 125 Å². The van der Waals surface area contributed by atoms with Crippen molar-refractivity contribution < 1.29 is 9.13 Å². The van der Waals surface area contributed by atoms with Gasteiger partial charge in [-0.05, 0) is 52.5 Å². The number of nitrogens with zero attached hydrogens (tertiary/aromatic N) is 1. The minimum atomic E-state index is -0.361. The molecule has 3 rings (SSSR count). The van der Waals surface area contributed by atoms with Crippen LogP contribution in [-0.2, 0) is 6.54 Å². The van der Waals surface area contributed by atoms with Gasteiger partial charge in [-0.1, -0.05) is 6.07 Å². The standard InChI is InChI=1S/C15H14BrFN2O/c16-11-6-13(9-18-8-11)20-15-4-1-10(5-14(15)17)7-19-12-2-3-12/h1,4-6,8-9,12,19H,2-3,7H2. The van der Waals surface area contributed by atoms with Crippen molar-refractivity contribution in [1.82, 2.24) is 10.3 Å². The molecule has 1 fully saturated rings. The molecule has 0 amide bonds. The van der Waals surface area contributed by atoms with Crippen LogP contribution in [0.3, 0.4) is 0 Å². The maximum Gasteiger partial charge on any atom is 0.166 e. The highest BCUT2D eigenvalue weighted by Crippen LogP contribution is 2.27. The lowest BCUT2D eigenvalue weighted by Gasteiger charge is -2.09. The Kier molecular flexibility index (Phi) is 3.98. The quantitative estimate of drug-likeness (QED) is 0.895. The van der Waals surface area contributed by atoms with E-state index in [1.165, 1.54) is 18.9 Å². The lowest BCUT2D eigenvalue weighted by Crippen LogP contribution is -2.15. The molecule has 1 heterocycles. The third kappa shape index (κ3) is 3.55. The van der Waals surface area contributed by atoms with E-state index in [1.54, 1.807) is 24.5 Å². The summed E-state index contributed by atoms with van der Waals surface area (Å²) in [6.07, 6.45) is 5.64. The summed E-state index contributed by atoms with van der Waals surface area (Å²) in [4.78, 5) is 3.98. The van der Waals surface area contributed by atoms with Crippen molar-refractivity contribution in [3.63, 3.8) is 0 Å². The van der Waals surface area contributed by atoms with Crippen LogP contribution in [0.2, 0.25) is 0 Å². The first-order valence-corrected chi connectivity index (χ1v) is 7.30. The molecular weight excluding hydrogens is 323 g/mol. The predicted molar refractivity (Wildman–Crippen MR) is 78.3 cm³/mol. The molecule has 1 aromatic carbocycles. The Morgan fingerprint density at radius 1 is 1.30 bits per heavy atom. The Morgan fingerprint density at radius 2 is 2.15 bits per heavy atom. The van der Waals surface area contributed by atoms with Gasteiger partial charge in [-0.25, -0.2) is 4.39 Å². The van der Waals surface area contributed by atoms with E-state index in [0.29, 0.717) is 18.3 Å². The fourth-order valence-corrected chi connectivity index (χ4v) is 2.21. The average Bonchev–Trinajstić information content (AvgIpc) is 3.23. The second-order valence-electron chi connectivity index (χ2n) is 4.86. The van der Waals surface area contributed by atoms with Gasteiger partial charge in [-0.2, -0.15) is 0 Å². The molecule has 104 valence electrons. The van der Waals surface area contributed by atoms with Crippen LogP contribution in [0.25, 0.3) is 0 Å². The zero-order chi connectivity index (χ0) is 13.9. The fraction of sp³-hybridized carbons (Fsp3) is 0.267. The van der Waals surface area contributed by atoms with E-state index in [9.17, 15) is 4.39 Å². The first-order valence-electron chi connectivity index (χ1n) is 6.51. The van der Waals surface area contributed by atoms with Gasteiger partial charge in [0.15, 0.2) is 11.6 Å². The number of hydrogen-bond acceptors (Lipinski definition) is 3. The third-order valence-electron chi connectivity index (χ3n) is 3.08. The molecule has 0 spiro atoms. The summed E-state index contributed by atoms with van der Waals surface area (Å²) >= 11 is 3.30. The topological polar surface area (TPSA) is 34.1 Å². The first-order chi connectivity index (χ1) is 9.70. The summed E-state index contributed by atoms with van der Waals surface area (Å²) in [6, 6.07) is 7.39. The molecule has 0 bridgehead atoms. The molecule has 1 aromatic heterocycles. The van der Waals surface area contributed by atoms with Gasteiger partial charge in [0.2, 0.25) is 0 Å². The normalized spacial score (nSPS) is 14.3. The van der Waals surface area contributed by atoms with Gasteiger partial charge >= 0.3 is 0 Å². The van der Waals surface area contributed by atoms with E-state index < -0.39 is 0 Å². The Balaban J connectivity index is 1.69. The summed E-state index contributed by atoms with van der Waals surface area (Å²) in [5.41, 5.74) is 0.925. The van der Waals surface area contributed by atoms with Crippen molar-refractivity contribution in [3.05, 3.63) is 52.5 Å². The van der Waals surface area contributed by atoms with E-state index in [4.69, 9.17) is 4.74 Å². The Hall–Kier alpha value is -1.46. The summed E-state index contributed by atoms with van der Waals surface area (Å²) in [7, 11) is 0. The van der Waals surface area contributed by atoms with Gasteiger partial charge in [0.1, 0.15) is 5.75 Å². The van der Waals surface area contributed by atoms with Crippen molar-refractivity contribution in [1.29, 1.82) is 0 Å². The highest BCUT2D eigenvalue weighted by molar-refractivity contribution is 9.10. The molecular formula is C15H14BrFN2O. The van der Waals surface area contributed by atoms with E-state index in [2.05, 4.69) is 26.2 Å². The van der Waals surface area contributed by atoms with Crippen LogP contribution in [0.15, 0.2) is 41.1 Å². The number of halogens is 2. The largest absolute Gasteiger partial charge is 0.453 e. The zero-order valence-electron chi connectivity index (χ0n) is 10.8. The SMILES string of the molecule is Fc1cc(CNC2CC2)ccc1Oc1cncc(Br)c1. The zero-order valence-corrected chi connectivity index (χ0v) is 12.4. The molecule has 0 radical (unpaired) electrons. The molecule has 3 nitrogen and oxygen atoms in total. The minimum Gasteiger partial charge on any atom is -0.453 e. The van der Waals surface area contributed by atoms with Crippen molar-refractivity contribution in [3.8, 4) is 11.5 Å². The molecule has 5 heteroatoms. The van der Waals surface area contributed by atoms with Crippen molar-refractivity contribution in [2.75, 3.05) is 0 Å². The van der Waals surface area contributed by atoms with Crippen LogP contribution in [-0.4, -0.2) is 11.0 Å². The highest BCUT2D eigenvalue weighted by Gasteiger charge is 2.20. The molecule has 0 unspecified atom stereocenters. The molecule has 1 N–H and O–H groups in total. The summed E-state index contributed by atoms with van der Waals surface area (Å²) < 4.78 is 20.3. The number of aromatic nitrogens is 1. The number of hydrogen-bond donors (Lipinski definition) is 1. The molecule has 1 aliphatic carbocycles. The molecule has 0 atom stereocenters. The second kappa shape index (κ2) is 5.89. The first kappa shape index (κ1) is 13.5. The van der Waals surface area contributed by atoms with Crippen LogP contribution >= 0.6 is 15.9 Å². The lowest BCUT2D eigenvalue weighted by atomic mass is 10.2. The second-order valence-corrected chi connectivity index (χ2v) is 5.78. The van der Waals surface area contributed by atoms with Gasteiger partial charge in [-0.15, -0.1) is 0 Å². The van der Waals surface area contributed by atoms with Gasteiger partial charge in [0.25, 0.3) is 0 Å². The number of rotatable bonds is 5. The Morgan fingerprint density at radius 3 is 2.85 bits per heavy atom. The molecule has 20 heavy (non-hydrogen) atoms. The maximum absolute atomic E-state index is 14.0. The van der Waals surface area contributed by atoms with Crippen LogP contribution in [0.1, 0.15) is 18.4 Å². The van der Waals surface area contributed by atoms with Crippen LogP contribution < -0.4 is 10.1 Å². The summed E-state index contributed by atoms with van der Waals surface area (Å²) in [6.45, 7) is 0.695. The molecule has 0 aliphatic heterocycles. The minimum absolute atomic E-state index is 0.208. The average molecular weight is 337 g/mol. The highest BCUT2D eigenvalue weighted by atomic mass is 79.9. The molecule has 1 aliphatic rings. The van der Waals surface area contributed by atoms with E-state index >= 15 is 0 Å². The summed E-state index contributed by atoms with van der Waals surface area (Å²) in [5, 5.41) is 3.35. The van der Waals surface area contributed by atoms with Gasteiger partial charge in [0.05, 0.1) is 6.20 Å². The molecule has 2 aromatic rings. The molecule has 0 saturated heterocycles. The predicted octanol–water partition coefficient (Wildman–Crippen LogP) is 4.03. The summed E-state index contributed by atoms with van der Waals surface area (Å²) in [5.74, 6) is 0.349. The van der Waals surface area contributed by atoms with Crippen molar-refractivity contribution in [2.24, 2.45) is 0 Å². The number of benzene rings is 1. The van der Waals surface area contributed by atoms with E-state index in [0.717, 1.165) is 10.0 Å². The van der Waals surface area contributed by atoms with Crippen molar-refractivity contribution in [2.45, 2.75) is 25.4 Å². The van der Waals surface area contributed by atoms with Crippen molar-refractivity contribution >= 4 is 15.9 Å². The maximum atomic E-state index is 14.0. The fourth-order valence-electron chi connectivity index (χ4n) is 1.86. The van der Waals surface area contributed by atoms with Crippen LogP contribution in [0.4, 0.5) is 4.39 Å². The Bertz CT molecular complexity index is 617. The monoisotopic (exact) mass is 336 g/mol. The molecule has 1 saturated carbocycles. The van der Waals surface area contributed by atoms with Gasteiger partial charge < -0.3 is 10.1 Å². The van der Waals surface area contributed by atoms with E-state index in [1.807, 2.05) is 6.07 Å². The van der Waals surface area contributed by atoms with Gasteiger partial charge in [-0.3, -0.25) is 4.98 Å². The van der Waals surface area contributed by atoms with Crippen LogP contribution in [0, 0.1) is 5.82 Å². The lowest BCUT2D eigenvalue weighted by molar-refractivity contribution is 0.439. The number of pyridine rings is 1. The van der Waals surface area contributed by atoms with E-state index in [-0.39, 0.29) is 11.6 Å². The van der Waals surface area contributed by atoms with Crippen LogP contribution in [0.5, 0.6) is 11.5 Å². The third-order valence-corrected chi connectivity index (χ3v) is 3.51. The number of nitrogens with one attached hydrogen (secondary N) is 1.